The van der Waals surface area contributed by atoms with Gasteiger partial charge in [-0.05, 0) is 23.8 Å². The van der Waals surface area contributed by atoms with Crippen molar-refractivity contribution in [2.24, 2.45) is 0 Å². The van der Waals surface area contributed by atoms with Crippen molar-refractivity contribution in [2.75, 3.05) is 0 Å². The number of carbonyl (C=O) groups excluding carboxylic acids is 3. The Balaban J connectivity index is 1.91. The van der Waals surface area contributed by atoms with Crippen LogP contribution in [0.25, 0.3) is 0 Å². The number of benzene rings is 2. The van der Waals surface area contributed by atoms with E-state index < -0.39 is 0 Å². The van der Waals surface area contributed by atoms with Crippen LogP contribution in [0.2, 0.25) is 0 Å². The lowest BCUT2D eigenvalue weighted by Crippen LogP contribution is -2.29. The smallest absolute Gasteiger partial charge is 0.261 e. The zero-order valence-electron chi connectivity index (χ0n) is 10.6. The Labute approximate surface area is 115 Å². The van der Waals surface area contributed by atoms with Gasteiger partial charge in [-0.3, -0.25) is 19.3 Å². The highest BCUT2D eigenvalue weighted by atomic mass is 16.2. The first-order valence-electron chi connectivity index (χ1n) is 6.20. The van der Waals surface area contributed by atoms with Crippen molar-refractivity contribution in [3.63, 3.8) is 0 Å². The van der Waals surface area contributed by atoms with E-state index in [0.29, 0.717) is 16.7 Å². The molecule has 0 unspecified atom stereocenters. The molecule has 0 fully saturated rings. The number of imide groups is 1. The van der Waals surface area contributed by atoms with Crippen molar-refractivity contribution in [2.45, 2.75) is 6.54 Å². The normalized spacial score (nSPS) is 13.5. The van der Waals surface area contributed by atoms with Crippen molar-refractivity contribution >= 4 is 18.1 Å². The SMILES string of the molecule is O=Cc1cccc(CN2C(=O)c3ccccc3C2=O)c1. The summed E-state index contributed by atoms with van der Waals surface area (Å²) in [5.74, 6) is -0.579. The predicted molar refractivity (Wildman–Crippen MR) is 72.5 cm³/mol. The van der Waals surface area contributed by atoms with E-state index in [1.807, 2.05) is 0 Å². The lowest BCUT2D eigenvalue weighted by molar-refractivity contribution is 0.0642. The average molecular weight is 265 g/mol. The van der Waals surface area contributed by atoms with Gasteiger partial charge in [0.1, 0.15) is 6.29 Å². The molecule has 0 radical (unpaired) electrons. The zero-order chi connectivity index (χ0) is 14.1. The minimum Gasteiger partial charge on any atom is -0.298 e. The van der Waals surface area contributed by atoms with Crippen LogP contribution in [-0.2, 0) is 6.54 Å². The molecule has 0 spiro atoms. The maximum Gasteiger partial charge on any atom is 0.261 e. The Morgan fingerprint density at radius 1 is 0.900 bits per heavy atom. The van der Waals surface area contributed by atoms with Crippen LogP contribution < -0.4 is 0 Å². The van der Waals surface area contributed by atoms with Gasteiger partial charge >= 0.3 is 0 Å². The zero-order valence-corrected chi connectivity index (χ0v) is 10.6. The molecule has 3 rings (SSSR count). The van der Waals surface area contributed by atoms with Crippen molar-refractivity contribution < 1.29 is 14.4 Å². The number of fused-ring (bicyclic) bond motifs is 1. The van der Waals surface area contributed by atoms with E-state index in [2.05, 4.69) is 0 Å². The molecular weight excluding hydrogens is 254 g/mol. The number of aldehydes is 1. The van der Waals surface area contributed by atoms with Gasteiger partial charge in [0.2, 0.25) is 0 Å². The van der Waals surface area contributed by atoms with E-state index in [1.165, 1.54) is 4.90 Å². The summed E-state index contributed by atoms with van der Waals surface area (Å²) in [6.45, 7) is 0.175. The summed E-state index contributed by atoms with van der Waals surface area (Å²) in [6.07, 6.45) is 0.742. The van der Waals surface area contributed by atoms with Crippen LogP contribution in [0.3, 0.4) is 0 Å². The summed E-state index contributed by atoms with van der Waals surface area (Å²) >= 11 is 0. The van der Waals surface area contributed by atoms with Crippen LogP contribution in [0.1, 0.15) is 36.6 Å². The van der Waals surface area contributed by atoms with Gasteiger partial charge in [0, 0.05) is 5.56 Å². The maximum absolute atomic E-state index is 12.2. The molecule has 2 aromatic carbocycles. The summed E-state index contributed by atoms with van der Waals surface area (Å²) in [4.78, 5) is 36.4. The van der Waals surface area contributed by atoms with Crippen LogP contribution in [-0.4, -0.2) is 23.0 Å². The van der Waals surface area contributed by atoms with E-state index in [1.54, 1.807) is 48.5 Å². The summed E-state index contributed by atoms with van der Waals surface area (Å²) < 4.78 is 0. The molecule has 2 amide bonds. The second-order valence-corrected chi connectivity index (χ2v) is 4.60. The quantitative estimate of drug-likeness (QED) is 0.632. The molecule has 20 heavy (non-hydrogen) atoms. The summed E-state index contributed by atoms with van der Waals surface area (Å²) in [6, 6.07) is 13.7. The average Bonchev–Trinajstić information content (AvgIpc) is 2.73. The maximum atomic E-state index is 12.2. The third-order valence-corrected chi connectivity index (χ3v) is 3.31. The van der Waals surface area contributed by atoms with Gasteiger partial charge in [-0.2, -0.15) is 0 Å². The van der Waals surface area contributed by atoms with Crippen LogP contribution in [0.4, 0.5) is 0 Å². The Morgan fingerprint density at radius 3 is 2.15 bits per heavy atom. The first-order valence-corrected chi connectivity index (χ1v) is 6.20. The van der Waals surface area contributed by atoms with E-state index in [0.717, 1.165) is 11.8 Å². The molecule has 0 saturated heterocycles. The third kappa shape index (κ3) is 1.91. The van der Waals surface area contributed by atoms with Crippen LogP contribution >= 0.6 is 0 Å². The van der Waals surface area contributed by atoms with Crippen molar-refractivity contribution in [3.8, 4) is 0 Å². The van der Waals surface area contributed by atoms with Crippen molar-refractivity contribution in [1.82, 2.24) is 4.90 Å². The largest absolute Gasteiger partial charge is 0.298 e. The standard InChI is InChI=1S/C16H11NO3/c18-10-12-5-3-4-11(8-12)9-17-15(19)13-6-1-2-7-14(13)16(17)20/h1-8,10H,9H2. The molecular formula is C16H11NO3. The molecule has 2 aromatic rings. The Kier molecular flexibility index (Phi) is 2.91. The number of hydrogen-bond acceptors (Lipinski definition) is 3. The molecule has 1 aliphatic heterocycles. The van der Waals surface area contributed by atoms with Gasteiger partial charge in [-0.15, -0.1) is 0 Å². The van der Waals surface area contributed by atoms with E-state index in [9.17, 15) is 14.4 Å². The number of amides is 2. The Morgan fingerprint density at radius 2 is 1.55 bits per heavy atom. The molecule has 4 nitrogen and oxygen atoms in total. The molecule has 1 aliphatic rings. The number of hydrogen-bond donors (Lipinski definition) is 0. The van der Waals surface area contributed by atoms with Crippen molar-refractivity contribution in [3.05, 3.63) is 70.8 Å². The molecule has 0 bridgehead atoms. The molecule has 0 atom stereocenters. The predicted octanol–water partition coefficient (Wildman–Crippen LogP) is 2.30. The van der Waals surface area contributed by atoms with Gasteiger partial charge in [0.05, 0.1) is 17.7 Å². The van der Waals surface area contributed by atoms with Crippen LogP contribution in [0.5, 0.6) is 0 Å². The molecule has 0 aliphatic carbocycles. The second kappa shape index (κ2) is 4.74. The molecule has 1 heterocycles. The molecule has 4 heteroatoms. The van der Waals surface area contributed by atoms with E-state index in [4.69, 9.17) is 0 Å². The Hall–Kier alpha value is -2.75. The van der Waals surface area contributed by atoms with E-state index in [-0.39, 0.29) is 18.4 Å². The van der Waals surface area contributed by atoms with Gasteiger partial charge in [0.15, 0.2) is 0 Å². The molecule has 98 valence electrons. The fraction of sp³-hybridized carbons (Fsp3) is 0.0625. The first kappa shape index (κ1) is 12.3. The summed E-state index contributed by atoms with van der Waals surface area (Å²) in [7, 11) is 0. The molecule has 0 saturated carbocycles. The van der Waals surface area contributed by atoms with Crippen molar-refractivity contribution in [1.29, 1.82) is 0 Å². The third-order valence-electron chi connectivity index (χ3n) is 3.31. The lowest BCUT2D eigenvalue weighted by atomic mass is 10.1. The number of rotatable bonds is 3. The Bertz CT molecular complexity index is 686. The van der Waals surface area contributed by atoms with E-state index >= 15 is 0 Å². The summed E-state index contributed by atoms with van der Waals surface area (Å²) in [5.41, 5.74) is 2.15. The topological polar surface area (TPSA) is 54.5 Å². The van der Waals surface area contributed by atoms with Gasteiger partial charge in [-0.1, -0.05) is 30.3 Å². The molecule has 0 N–H and O–H groups in total. The van der Waals surface area contributed by atoms with Gasteiger partial charge in [0.25, 0.3) is 11.8 Å². The molecule has 0 aromatic heterocycles. The fourth-order valence-electron chi connectivity index (χ4n) is 2.33. The number of nitrogens with zero attached hydrogens (tertiary/aromatic N) is 1. The highest BCUT2D eigenvalue weighted by Gasteiger charge is 2.34. The second-order valence-electron chi connectivity index (χ2n) is 4.60. The van der Waals surface area contributed by atoms with Crippen LogP contribution in [0, 0.1) is 0 Å². The highest BCUT2D eigenvalue weighted by Crippen LogP contribution is 2.24. The first-order chi connectivity index (χ1) is 9.70. The highest BCUT2D eigenvalue weighted by molar-refractivity contribution is 6.21. The van der Waals surface area contributed by atoms with Crippen LogP contribution in [0.15, 0.2) is 48.5 Å². The minimum atomic E-state index is -0.290. The lowest BCUT2D eigenvalue weighted by Gasteiger charge is -2.13. The monoisotopic (exact) mass is 265 g/mol. The number of carbonyl (C=O) groups is 3. The fourth-order valence-corrected chi connectivity index (χ4v) is 2.33. The van der Waals surface area contributed by atoms with Gasteiger partial charge < -0.3 is 0 Å². The summed E-state index contributed by atoms with van der Waals surface area (Å²) in [5, 5.41) is 0. The van der Waals surface area contributed by atoms with Gasteiger partial charge in [-0.25, -0.2) is 0 Å². The minimum absolute atomic E-state index is 0.175.